The van der Waals surface area contributed by atoms with Gasteiger partial charge in [-0.25, -0.2) is 9.78 Å². The zero-order valence-electron chi connectivity index (χ0n) is 11.1. The van der Waals surface area contributed by atoms with Gasteiger partial charge in [0.2, 0.25) is 0 Å². The Morgan fingerprint density at radius 1 is 1.52 bits per heavy atom. The monoisotopic (exact) mass is 291 g/mol. The normalized spacial score (nSPS) is 12.0. The molecule has 0 aliphatic carbocycles. The van der Waals surface area contributed by atoms with Gasteiger partial charge in [0, 0.05) is 30.4 Å². The van der Waals surface area contributed by atoms with Gasteiger partial charge in [0.25, 0.3) is 5.69 Å². The summed E-state index contributed by atoms with van der Waals surface area (Å²) >= 11 is 0. The fraction of sp³-hybridized carbons (Fsp3) is 0.231. The van der Waals surface area contributed by atoms with Crippen molar-refractivity contribution < 1.29 is 19.6 Å². The molecule has 0 radical (unpaired) electrons. The number of hydrogen-bond donors (Lipinski definition) is 2. The number of anilines is 1. The molecule has 2 aromatic rings. The molecule has 2 N–H and O–H groups in total. The van der Waals surface area contributed by atoms with Crippen LogP contribution in [0.4, 0.5) is 11.4 Å². The molecule has 1 aromatic heterocycles. The van der Waals surface area contributed by atoms with E-state index in [0.717, 1.165) is 0 Å². The Kier molecular flexibility index (Phi) is 4.29. The van der Waals surface area contributed by atoms with Crippen molar-refractivity contribution in [1.82, 2.24) is 4.98 Å². The first-order valence-electron chi connectivity index (χ1n) is 6.06. The van der Waals surface area contributed by atoms with Crippen LogP contribution in [0.25, 0.3) is 10.9 Å². The van der Waals surface area contributed by atoms with Gasteiger partial charge in [-0.3, -0.25) is 10.1 Å². The number of benzene rings is 1. The van der Waals surface area contributed by atoms with E-state index < -0.39 is 17.0 Å². The van der Waals surface area contributed by atoms with Gasteiger partial charge in [-0.1, -0.05) is 12.1 Å². The molecule has 8 nitrogen and oxygen atoms in total. The van der Waals surface area contributed by atoms with Crippen molar-refractivity contribution in [2.24, 2.45) is 0 Å². The standard InChI is InChI=1S/C13H13N3O5/c1-21-11(13(17)18)7-15-9-5-6-14-12-8(9)3-2-4-10(12)16(19)20/h2-6,11H,7H2,1H3,(H,14,15)(H,17,18). The number of carboxylic acids is 1. The average molecular weight is 291 g/mol. The lowest BCUT2D eigenvalue weighted by atomic mass is 10.1. The second-order valence-electron chi connectivity index (χ2n) is 4.23. The third-order valence-corrected chi connectivity index (χ3v) is 2.98. The molecule has 0 aliphatic heterocycles. The molecule has 1 unspecified atom stereocenters. The number of hydrogen-bond acceptors (Lipinski definition) is 6. The summed E-state index contributed by atoms with van der Waals surface area (Å²) in [4.78, 5) is 25.4. The molecule has 0 saturated heterocycles. The van der Waals surface area contributed by atoms with Gasteiger partial charge in [0.1, 0.15) is 5.52 Å². The number of fused-ring (bicyclic) bond motifs is 1. The summed E-state index contributed by atoms with van der Waals surface area (Å²) in [6.07, 6.45) is 0.423. The summed E-state index contributed by atoms with van der Waals surface area (Å²) in [7, 11) is 1.30. The molecule has 1 aromatic carbocycles. The van der Waals surface area contributed by atoms with Crippen molar-refractivity contribution in [1.29, 1.82) is 0 Å². The average Bonchev–Trinajstić information content (AvgIpc) is 2.46. The topological polar surface area (TPSA) is 115 Å². The molecular weight excluding hydrogens is 278 g/mol. The SMILES string of the molecule is COC(CNc1ccnc2c([N+](=O)[O-])cccc12)C(=O)O. The van der Waals surface area contributed by atoms with Crippen LogP contribution < -0.4 is 5.32 Å². The van der Waals surface area contributed by atoms with E-state index in [1.54, 1.807) is 18.2 Å². The van der Waals surface area contributed by atoms with Crippen LogP contribution in [0.5, 0.6) is 0 Å². The lowest BCUT2D eigenvalue weighted by molar-refractivity contribution is -0.383. The highest BCUT2D eigenvalue weighted by atomic mass is 16.6. The van der Waals surface area contributed by atoms with Crippen LogP contribution in [0.3, 0.4) is 0 Å². The number of nitro benzene ring substituents is 1. The van der Waals surface area contributed by atoms with Crippen molar-refractivity contribution >= 4 is 28.2 Å². The van der Waals surface area contributed by atoms with Gasteiger partial charge in [-0.05, 0) is 6.07 Å². The highest BCUT2D eigenvalue weighted by Gasteiger charge is 2.18. The number of rotatable bonds is 6. The van der Waals surface area contributed by atoms with Gasteiger partial charge in [0.15, 0.2) is 6.10 Å². The predicted molar refractivity (Wildman–Crippen MR) is 75.3 cm³/mol. The smallest absolute Gasteiger partial charge is 0.334 e. The number of nitrogens with zero attached hydrogens (tertiary/aromatic N) is 2. The molecule has 21 heavy (non-hydrogen) atoms. The summed E-state index contributed by atoms with van der Waals surface area (Å²) in [5.41, 5.74) is 0.710. The molecule has 0 spiro atoms. The van der Waals surface area contributed by atoms with Crippen LogP contribution >= 0.6 is 0 Å². The summed E-state index contributed by atoms with van der Waals surface area (Å²) < 4.78 is 4.82. The fourth-order valence-electron chi connectivity index (χ4n) is 1.94. The van der Waals surface area contributed by atoms with Gasteiger partial charge in [-0.15, -0.1) is 0 Å². The third-order valence-electron chi connectivity index (χ3n) is 2.98. The van der Waals surface area contributed by atoms with E-state index >= 15 is 0 Å². The molecule has 1 atom stereocenters. The van der Waals surface area contributed by atoms with E-state index in [0.29, 0.717) is 11.1 Å². The van der Waals surface area contributed by atoms with Crippen LogP contribution in [0.2, 0.25) is 0 Å². The van der Waals surface area contributed by atoms with Crippen LogP contribution in [0.15, 0.2) is 30.5 Å². The largest absolute Gasteiger partial charge is 0.479 e. The molecule has 0 saturated carbocycles. The van der Waals surface area contributed by atoms with Crippen molar-refractivity contribution in [3.63, 3.8) is 0 Å². The Hall–Kier alpha value is -2.74. The molecule has 0 aliphatic rings. The minimum absolute atomic E-state index is 0.0354. The maximum absolute atomic E-state index is 11.0. The van der Waals surface area contributed by atoms with Gasteiger partial charge in [0.05, 0.1) is 11.5 Å². The summed E-state index contributed by atoms with van der Waals surface area (Å²) in [6, 6.07) is 6.23. The van der Waals surface area contributed by atoms with Crippen molar-refractivity contribution in [3.8, 4) is 0 Å². The van der Waals surface area contributed by atoms with Crippen LogP contribution in [-0.4, -0.2) is 40.7 Å². The van der Waals surface area contributed by atoms with Crippen molar-refractivity contribution in [3.05, 3.63) is 40.6 Å². The number of methoxy groups -OCH3 is 1. The summed E-state index contributed by atoms with van der Waals surface area (Å²) in [6.45, 7) is 0.0354. The molecule has 0 amide bonds. The van der Waals surface area contributed by atoms with E-state index in [1.807, 2.05) is 0 Å². The summed E-state index contributed by atoms with van der Waals surface area (Å²) in [5.74, 6) is -1.09. The number of para-hydroxylation sites is 1. The van der Waals surface area contributed by atoms with E-state index in [2.05, 4.69) is 10.3 Å². The molecule has 0 fully saturated rings. The maximum atomic E-state index is 11.0. The number of ether oxygens (including phenoxy) is 1. The number of pyridine rings is 1. The van der Waals surface area contributed by atoms with E-state index in [1.165, 1.54) is 19.4 Å². The first kappa shape index (κ1) is 14.7. The quantitative estimate of drug-likeness (QED) is 0.614. The Bertz CT molecular complexity index is 689. The lowest BCUT2D eigenvalue weighted by Crippen LogP contribution is -2.30. The highest BCUT2D eigenvalue weighted by Crippen LogP contribution is 2.28. The first-order valence-corrected chi connectivity index (χ1v) is 6.06. The second-order valence-corrected chi connectivity index (χ2v) is 4.23. The number of aromatic nitrogens is 1. The van der Waals surface area contributed by atoms with Gasteiger partial charge >= 0.3 is 5.97 Å². The molecule has 2 rings (SSSR count). The fourth-order valence-corrected chi connectivity index (χ4v) is 1.94. The van der Waals surface area contributed by atoms with Crippen molar-refractivity contribution in [2.75, 3.05) is 19.0 Å². The second kappa shape index (κ2) is 6.14. The van der Waals surface area contributed by atoms with E-state index in [9.17, 15) is 14.9 Å². The van der Waals surface area contributed by atoms with Crippen LogP contribution in [0.1, 0.15) is 0 Å². The first-order chi connectivity index (χ1) is 10.0. The van der Waals surface area contributed by atoms with Crippen LogP contribution in [0, 0.1) is 10.1 Å². The van der Waals surface area contributed by atoms with Crippen LogP contribution in [-0.2, 0) is 9.53 Å². The van der Waals surface area contributed by atoms with Gasteiger partial charge < -0.3 is 15.2 Å². The number of non-ortho nitro benzene ring substituents is 1. The zero-order valence-corrected chi connectivity index (χ0v) is 11.1. The minimum Gasteiger partial charge on any atom is -0.479 e. The molecule has 0 bridgehead atoms. The molecular formula is C13H13N3O5. The number of carboxylic acid groups (broad SMARTS) is 1. The number of nitrogens with one attached hydrogen (secondary N) is 1. The Balaban J connectivity index is 2.35. The Morgan fingerprint density at radius 2 is 2.29 bits per heavy atom. The number of nitro groups is 1. The van der Waals surface area contributed by atoms with E-state index in [-0.39, 0.29) is 17.7 Å². The minimum atomic E-state index is -1.09. The zero-order chi connectivity index (χ0) is 15.4. The van der Waals surface area contributed by atoms with Crippen molar-refractivity contribution in [2.45, 2.75) is 6.10 Å². The number of carbonyl (C=O) groups is 1. The molecule has 1 heterocycles. The lowest BCUT2D eigenvalue weighted by Gasteiger charge is -2.13. The summed E-state index contributed by atoms with van der Waals surface area (Å²) in [5, 5.41) is 23.4. The predicted octanol–water partition coefficient (Wildman–Crippen LogP) is 1.65. The Labute approximate surface area is 119 Å². The molecule has 8 heteroatoms. The van der Waals surface area contributed by atoms with E-state index in [4.69, 9.17) is 9.84 Å². The third kappa shape index (κ3) is 3.06. The Morgan fingerprint density at radius 3 is 2.90 bits per heavy atom. The maximum Gasteiger partial charge on any atom is 0.334 e. The molecule has 110 valence electrons. The number of aliphatic carboxylic acids is 1. The van der Waals surface area contributed by atoms with Gasteiger partial charge in [-0.2, -0.15) is 0 Å². The highest BCUT2D eigenvalue weighted by molar-refractivity contribution is 5.96.